The van der Waals surface area contributed by atoms with E-state index in [1.54, 1.807) is 7.05 Å². The van der Waals surface area contributed by atoms with Crippen molar-refractivity contribution in [2.45, 2.75) is 25.7 Å². The van der Waals surface area contributed by atoms with Crippen LogP contribution in [0.3, 0.4) is 0 Å². The number of carbonyl (C=O) groups is 1. The molecule has 154 valence electrons. The maximum absolute atomic E-state index is 13.6. The van der Waals surface area contributed by atoms with Gasteiger partial charge >= 0.3 is 0 Å². The van der Waals surface area contributed by atoms with E-state index >= 15 is 0 Å². The minimum Gasteiger partial charge on any atom is -0.356 e. The standard InChI is InChI=1S/C22H26F2N4O/c1-25-22(27-13-10-17-15-18(23)8-9-19(17)24)26-12-4-7-21(29)28-14-11-16-5-2-3-6-20(16)28/h2-3,5-6,8-9,15H,4,7,10-14H2,1H3,(H2,25,26,27). The zero-order valence-electron chi connectivity index (χ0n) is 16.5. The summed E-state index contributed by atoms with van der Waals surface area (Å²) in [6.07, 6.45) is 2.38. The summed E-state index contributed by atoms with van der Waals surface area (Å²) in [5.74, 6) is -0.172. The fraction of sp³-hybridized carbons (Fsp3) is 0.364. The lowest BCUT2D eigenvalue weighted by Gasteiger charge is -2.17. The molecule has 0 aromatic heterocycles. The van der Waals surface area contributed by atoms with Crippen LogP contribution in [-0.4, -0.2) is 38.5 Å². The molecule has 1 heterocycles. The van der Waals surface area contributed by atoms with Crippen LogP contribution in [0.1, 0.15) is 24.0 Å². The number of aliphatic imine (C=N–C) groups is 1. The number of amides is 1. The summed E-state index contributed by atoms with van der Waals surface area (Å²) in [6, 6.07) is 11.5. The van der Waals surface area contributed by atoms with Crippen LogP contribution in [-0.2, 0) is 17.6 Å². The van der Waals surface area contributed by atoms with Gasteiger partial charge in [-0.25, -0.2) is 8.78 Å². The van der Waals surface area contributed by atoms with Crippen LogP contribution in [0.25, 0.3) is 0 Å². The molecular weight excluding hydrogens is 374 g/mol. The van der Waals surface area contributed by atoms with Gasteiger partial charge in [-0.15, -0.1) is 0 Å². The fourth-order valence-corrected chi connectivity index (χ4v) is 3.45. The Bertz CT molecular complexity index is 885. The number of nitrogens with zero attached hydrogens (tertiary/aromatic N) is 2. The number of para-hydroxylation sites is 1. The normalized spacial score (nSPS) is 13.3. The number of benzene rings is 2. The van der Waals surface area contributed by atoms with Crippen molar-refractivity contribution in [1.29, 1.82) is 0 Å². The largest absolute Gasteiger partial charge is 0.356 e. The minimum atomic E-state index is -0.450. The maximum Gasteiger partial charge on any atom is 0.227 e. The molecule has 1 amide bonds. The summed E-state index contributed by atoms with van der Waals surface area (Å²) >= 11 is 0. The lowest BCUT2D eigenvalue weighted by molar-refractivity contribution is -0.118. The first-order chi connectivity index (χ1) is 14.1. The van der Waals surface area contributed by atoms with Crippen LogP contribution >= 0.6 is 0 Å². The van der Waals surface area contributed by atoms with Crippen molar-refractivity contribution in [1.82, 2.24) is 10.6 Å². The average Bonchev–Trinajstić information content (AvgIpc) is 3.16. The molecule has 0 aliphatic carbocycles. The first-order valence-electron chi connectivity index (χ1n) is 9.85. The Morgan fingerprint density at radius 2 is 1.93 bits per heavy atom. The van der Waals surface area contributed by atoms with Crippen molar-refractivity contribution in [3.05, 3.63) is 65.2 Å². The molecule has 0 saturated heterocycles. The number of fused-ring (bicyclic) bond motifs is 1. The first-order valence-corrected chi connectivity index (χ1v) is 9.85. The van der Waals surface area contributed by atoms with Crippen molar-refractivity contribution in [3.8, 4) is 0 Å². The van der Waals surface area contributed by atoms with Crippen LogP contribution in [0.2, 0.25) is 0 Å². The summed E-state index contributed by atoms with van der Waals surface area (Å²) in [5.41, 5.74) is 2.57. The molecule has 0 atom stereocenters. The summed E-state index contributed by atoms with van der Waals surface area (Å²) in [6.45, 7) is 1.75. The van der Waals surface area contributed by atoms with Gasteiger partial charge in [-0.2, -0.15) is 0 Å². The topological polar surface area (TPSA) is 56.7 Å². The highest BCUT2D eigenvalue weighted by Gasteiger charge is 2.23. The Labute approximate surface area is 169 Å². The number of rotatable bonds is 7. The van der Waals surface area contributed by atoms with E-state index < -0.39 is 11.6 Å². The number of halogens is 2. The lowest BCUT2D eigenvalue weighted by Crippen LogP contribution is -2.39. The van der Waals surface area contributed by atoms with Crippen LogP contribution in [0, 0.1) is 11.6 Å². The van der Waals surface area contributed by atoms with E-state index in [1.165, 1.54) is 11.6 Å². The lowest BCUT2D eigenvalue weighted by atomic mass is 10.1. The molecule has 0 spiro atoms. The van der Waals surface area contributed by atoms with Crippen molar-refractivity contribution in [2.75, 3.05) is 31.6 Å². The third-order valence-electron chi connectivity index (χ3n) is 4.97. The Morgan fingerprint density at radius 1 is 1.14 bits per heavy atom. The monoisotopic (exact) mass is 400 g/mol. The van der Waals surface area contributed by atoms with Gasteiger partial charge in [0, 0.05) is 38.8 Å². The highest BCUT2D eigenvalue weighted by atomic mass is 19.1. The molecule has 29 heavy (non-hydrogen) atoms. The third kappa shape index (κ3) is 5.53. The van der Waals surface area contributed by atoms with Gasteiger partial charge in [0.2, 0.25) is 5.91 Å². The van der Waals surface area contributed by atoms with E-state index in [1.807, 2.05) is 23.1 Å². The highest BCUT2D eigenvalue weighted by molar-refractivity contribution is 5.95. The summed E-state index contributed by atoms with van der Waals surface area (Å²) in [4.78, 5) is 18.5. The highest BCUT2D eigenvalue weighted by Crippen LogP contribution is 2.27. The quantitative estimate of drug-likeness (QED) is 0.427. The van der Waals surface area contributed by atoms with E-state index in [9.17, 15) is 13.6 Å². The van der Waals surface area contributed by atoms with E-state index in [-0.39, 0.29) is 5.91 Å². The van der Waals surface area contributed by atoms with Gasteiger partial charge in [-0.1, -0.05) is 18.2 Å². The fourth-order valence-electron chi connectivity index (χ4n) is 3.45. The van der Waals surface area contributed by atoms with E-state index in [4.69, 9.17) is 0 Å². The average molecular weight is 400 g/mol. The molecule has 7 heteroatoms. The Balaban J connectivity index is 1.37. The molecule has 2 aromatic rings. The molecule has 0 bridgehead atoms. The Kier molecular flexibility index (Phi) is 7.16. The zero-order valence-corrected chi connectivity index (χ0v) is 16.5. The minimum absolute atomic E-state index is 0.126. The number of nitrogens with one attached hydrogen (secondary N) is 2. The third-order valence-corrected chi connectivity index (χ3v) is 4.97. The number of carbonyl (C=O) groups excluding carboxylic acids is 1. The number of hydrogen-bond donors (Lipinski definition) is 2. The van der Waals surface area contributed by atoms with Gasteiger partial charge in [0.1, 0.15) is 11.6 Å². The molecular formula is C22H26F2N4O. The predicted octanol–water partition coefficient (Wildman–Crippen LogP) is 3.04. The number of anilines is 1. The molecule has 3 rings (SSSR count). The SMILES string of the molecule is CN=C(NCCCC(=O)N1CCc2ccccc21)NCCc1cc(F)ccc1F. The summed E-state index contributed by atoms with van der Waals surface area (Å²) < 4.78 is 26.9. The van der Waals surface area contributed by atoms with Crippen LogP contribution in [0.5, 0.6) is 0 Å². The Hall–Kier alpha value is -2.96. The molecule has 2 aromatic carbocycles. The molecule has 0 unspecified atom stereocenters. The smallest absolute Gasteiger partial charge is 0.227 e. The van der Waals surface area contributed by atoms with Crippen molar-refractivity contribution < 1.29 is 13.6 Å². The first kappa shape index (κ1) is 20.8. The second kappa shape index (κ2) is 10.0. The second-order valence-corrected chi connectivity index (χ2v) is 6.94. The van der Waals surface area contributed by atoms with E-state index in [0.29, 0.717) is 43.9 Å². The molecule has 1 aliphatic rings. The van der Waals surface area contributed by atoms with Gasteiger partial charge in [0.05, 0.1) is 0 Å². The van der Waals surface area contributed by atoms with Gasteiger partial charge in [-0.05, 0) is 54.7 Å². The summed E-state index contributed by atoms with van der Waals surface area (Å²) in [7, 11) is 1.64. The van der Waals surface area contributed by atoms with E-state index in [0.717, 1.165) is 30.8 Å². The molecule has 0 radical (unpaired) electrons. The van der Waals surface area contributed by atoms with Crippen molar-refractivity contribution >= 4 is 17.6 Å². The molecule has 2 N–H and O–H groups in total. The van der Waals surface area contributed by atoms with Gasteiger partial charge < -0.3 is 15.5 Å². The molecule has 0 saturated carbocycles. The maximum atomic E-state index is 13.6. The summed E-state index contributed by atoms with van der Waals surface area (Å²) in [5, 5.41) is 6.22. The van der Waals surface area contributed by atoms with Crippen LogP contribution < -0.4 is 15.5 Å². The number of guanidine groups is 1. The molecule has 0 fully saturated rings. The van der Waals surface area contributed by atoms with Crippen molar-refractivity contribution in [2.24, 2.45) is 4.99 Å². The Morgan fingerprint density at radius 3 is 2.76 bits per heavy atom. The molecule has 5 nitrogen and oxygen atoms in total. The van der Waals surface area contributed by atoms with E-state index in [2.05, 4.69) is 21.7 Å². The van der Waals surface area contributed by atoms with Gasteiger partial charge in [0.15, 0.2) is 5.96 Å². The zero-order chi connectivity index (χ0) is 20.6. The van der Waals surface area contributed by atoms with Gasteiger partial charge in [-0.3, -0.25) is 9.79 Å². The van der Waals surface area contributed by atoms with Crippen LogP contribution in [0.15, 0.2) is 47.5 Å². The predicted molar refractivity (Wildman–Crippen MR) is 111 cm³/mol. The molecule has 1 aliphatic heterocycles. The second-order valence-electron chi connectivity index (χ2n) is 6.94. The van der Waals surface area contributed by atoms with Gasteiger partial charge in [0.25, 0.3) is 0 Å². The number of hydrogen-bond acceptors (Lipinski definition) is 2. The van der Waals surface area contributed by atoms with Crippen LogP contribution in [0.4, 0.5) is 14.5 Å². The van der Waals surface area contributed by atoms with Crippen molar-refractivity contribution in [3.63, 3.8) is 0 Å².